The van der Waals surface area contributed by atoms with E-state index in [-0.39, 0.29) is 5.69 Å². The minimum absolute atomic E-state index is 0.000694. The van der Waals surface area contributed by atoms with Crippen LogP contribution in [0.3, 0.4) is 0 Å². The number of halogens is 2. The fraction of sp³-hybridized carbons (Fsp3) is 0.375. The molecule has 0 fully saturated rings. The van der Waals surface area contributed by atoms with Crippen LogP contribution < -0.4 is 9.88 Å². The third-order valence-corrected chi connectivity index (χ3v) is 2.87. The monoisotopic (exact) mass is 252 g/mol. The maximum absolute atomic E-state index is 12.7. The van der Waals surface area contributed by atoms with Gasteiger partial charge in [0.1, 0.15) is 4.90 Å². The summed E-state index contributed by atoms with van der Waals surface area (Å²) in [5.74, 6) is -0.454. The number of ether oxygens (including phenoxy) is 1. The molecule has 0 saturated carbocycles. The van der Waals surface area contributed by atoms with Crippen molar-refractivity contribution in [2.24, 2.45) is 5.14 Å². The smallest absolute Gasteiger partial charge is 0.269 e. The Morgan fingerprint density at radius 3 is 2.44 bits per heavy atom. The molecule has 0 aliphatic rings. The lowest BCUT2D eigenvalue weighted by Gasteiger charge is -2.13. The van der Waals surface area contributed by atoms with Crippen LogP contribution in [0.15, 0.2) is 11.1 Å². The van der Waals surface area contributed by atoms with E-state index >= 15 is 0 Å². The first-order valence-corrected chi connectivity index (χ1v) is 5.68. The standard InChI is InChI=1S/C8H10F2N2O3S/c1-4-6(8(9)10)7(15-2)5(3-12-4)16(11,13)14/h3,8H,1-2H3,(H2,11,13,14). The average molecular weight is 252 g/mol. The summed E-state index contributed by atoms with van der Waals surface area (Å²) in [7, 11) is -3.05. The number of alkyl halides is 2. The van der Waals surface area contributed by atoms with Crippen LogP contribution in [-0.2, 0) is 10.0 Å². The van der Waals surface area contributed by atoms with Crippen molar-refractivity contribution in [2.75, 3.05) is 7.11 Å². The predicted octanol–water partition coefficient (Wildman–Crippen LogP) is 0.984. The number of hydrogen-bond donors (Lipinski definition) is 1. The molecule has 0 bridgehead atoms. The molecule has 1 rings (SSSR count). The van der Waals surface area contributed by atoms with Crippen molar-refractivity contribution in [2.45, 2.75) is 18.2 Å². The number of primary sulfonamides is 1. The Kier molecular flexibility index (Phi) is 3.44. The Morgan fingerprint density at radius 2 is 2.06 bits per heavy atom. The molecular formula is C8H10F2N2O3S. The minimum Gasteiger partial charge on any atom is -0.495 e. The highest BCUT2D eigenvalue weighted by Gasteiger charge is 2.25. The van der Waals surface area contributed by atoms with Crippen molar-refractivity contribution in [1.29, 1.82) is 0 Å². The molecule has 0 amide bonds. The van der Waals surface area contributed by atoms with Gasteiger partial charge in [0.2, 0.25) is 10.0 Å². The molecule has 5 nitrogen and oxygen atoms in total. The van der Waals surface area contributed by atoms with Gasteiger partial charge >= 0.3 is 0 Å². The first kappa shape index (κ1) is 12.8. The molecule has 0 unspecified atom stereocenters. The van der Waals surface area contributed by atoms with E-state index in [2.05, 4.69) is 9.72 Å². The van der Waals surface area contributed by atoms with E-state index < -0.39 is 32.7 Å². The van der Waals surface area contributed by atoms with Gasteiger partial charge in [0.05, 0.1) is 18.9 Å². The topological polar surface area (TPSA) is 82.3 Å². The predicted molar refractivity (Wildman–Crippen MR) is 51.9 cm³/mol. The van der Waals surface area contributed by atoms with Gasteiger partial charge in [0.15, 0.2) is 5.75 Å². The van der Waals surface area contributed by atoms with Gasteiger partial charge in [-0.15, -0.1) is 0 Å². The van der Waals surface area contributed by atoms with E-state index in [0.717, 1.165) is 13.3 Å². The van der Waals surface area contributed by atoms with Gasteiger partial charge in [-0.2, -0.15) is 0 Å². The zero-order chi connectivity index (χ0) is 12.5. The van der Waals surface area contributed by atoms with Crippen molar-refractivity contribution in [3.8, 4) is 5.75 Å². The first-order valence-electron chi connectivity index (χ1n) is 4.13. The summed E-state index contributed by atoms with van der Waals surface area (Å²) < 4.78 is 52.3. The Bertz CT molecular complexity index is 502. The Morgan fingerprint density at radius 1 is 1.50 bits per heavy atom. The summed E-state index contributed by atoms with van der Waals surface area (Å²) in [5, 5.41) is 4.86. The average Bonchev–Trinajstić information content (AvgIpc) is 2.14. The summed E-state index contributed by atoms with van der Waals surface area (Å²) in [6.45, 7) is 1.33. The second kappa shape index (κ2) is 4.30. The first-order chi connectivity index (χ1) is 7.29. The molecule has 0 saturated heterocycles. The zero-order valence-electron chi connectivity index (χ0n) is 8.57. The quantitative estimate of drug-likeness (QED) is 0.869. The van der Waals surface area contributed by atoms with Crippen LogP contribution in [0.1, 0.15) is 17.7 Å². The van der Waals surface area contributed by atoms with Crippen LogP contribution in [-0.4, -0.2) is 20.5 Å². The molecule has 1 heterocycles. The van der Waals surface area contributed by atoms with Gasteiger partial charge in [0.25, 0.3) is 6.43 Å². The summed E-state index contributed by atoms with van der Waals surface area (Å²) >= 11 is 0. The molecular weight excluding hydrogens is 242 g/mol. The summed E-state index contributed by atoms with van der Waals surface area (Å²) in [5.41, 5.74) is -0.562. The number of nitrogens with two attached hydrogens (primary N) is 1. The second-order valence-corrected chi connectivity index (χ2v) is 4.53. The third kappa shape index (κ3) is 2.27. The summed E-state index contributed by atoms with van der Waals surface area (Å²) in [6.07, 6.45) is -1.99. The fourth-order valence-corrected chi connectivity index (χ4v) is 1.90. The number of rotatable bonds is 3. The Labute approximate surface area is 91.3 Å². The van der Waals surface area contributed by atoms with Crippen LogP contribution in [0, 0.1) is 6.92 Å². The van der Waals surface area contributed by atoms with Gasteiger partial charge in [-0.3, -0.25) is 4.98 Å². The fourth-order valence-electron chi connectivity index (χ4n) is 1.25. The molecule has 0 spiro atoms. The molecule has 0 radical (unpaired) electrons. The molecule has 90 valence electrons. The summed E-state index contributed by atoms with van der Waals surface area (Å²) in [4.78, 5) is 3.01. The van der Waals surface area contributed by atoms with E-state index in [1.807, 2.05) is 0 Å². The molecule has 1 aromatic rings. The number of aromatic nitrogens is 1. The zero-order valence-corrected chi connectivity index (χ0v) is 9.38. The van der Waals surface area contributed by atoms with Gasteiger partial charge in [-0.05, 0) is 6.92 Å². The van der Waals surface area contributed by atoms with Crippen molar-refractivity contribution in [3.05, 3.63) is 17.5 Å². The van der Waals surface area contributed by atoms with Gasteiger partial charge < -0.3 is 4.74 Å². The van der Waals surface area contributed by atoms with Crippen molar-refractivity contribution in [1.82, 2.24) is 4.98 Å². The maximum Gasteiger partial charge on any atom is 0.269 e. The number of pyridine rings is 1. The van der Waals surface area contributed by atoms with Crippen molar-refractivity contribution in [3.63, 3.8) is 0 Å². The van der Waals surface area contributed by atoms with E-state index in [1.165, 1.54) is 6.92 Å². The molecule has 1 aromatic heterocycles. The van der Waals surface area contributed by atoms with Gasteiger partial charge in [0, 0.05) is 5.69 Å². The lowest BCUT2D eigenvalue weighted by molar-refractivity contribution is 0.145. The molecule has 0 aliphatic carbocycles. The number of nitrogens with zero attached hydrogens (tertiary/aromatic N) is 1. The van der Waals surface area contributed by atoms with Crippen molar-refractivity contribution < 1.29 is 21.9 Å². The molecule has 0 atom stereocenters. The number of methoxy groups -OCH3 is 1. The van der Waals surface area contributed by atoms with Crippen LogP contribution in [0.25, 0.3) is 0 Å². The van der Waals surface area contributed by atoms with Crippen LogP contribution in [0.5, 0.6) is 5.75 Å². The lowest BCUT2D eigenvalue weighted by atomic mass is 10.2. The molecule has 8 heteroatoms. The largest absolute Gasteiger partial charge is 0.495 e. The van der Waals surface area contributed by atoms with Crippen LogP contribution >= 0.6 is 0 Å². The Balaban J connectivity index is 3.62. The second-order valence-electron chi connectivity index (χ2n) is 3.00. The van der Waals surface area contributed by atoms with E-state index in [9.17, 15) is 17.2 Å². The van der Waals surface area contributed by atoms with E-state index in [4.69, 9.17) is 5.14 Å². The molecule has 16 heavy (non-hydrogen) atoms. The highest BCUT2D eigenvalue weighted by Crippen LogP contribution is 2.35. The highest BCUT2D eigenvalue weighted by atomic mass is 32.2. The van der Waals surface area contributed by atoms with E-state index in [0.29, 0.717) is 0 Å². The third-order valence-electron chi connectivity index (χ3n) is 1.96. The normalized spacial score (nSPS) is 11.9. The molecule has 0 aromatic carbocycles. The van der Waals surface area contributed by atoms with Crippen molar-refractivity contribution >= 4 is 10.0 Å². The van der Waals surface area contributed by atoms with Gasteiger partial charge in [-0.25, -0.2) is 22.3 Å². The lowest BCUT2D eigenvalue weighted by Crippen LogP contribution is -2.15. The van der Waals surface area contributed by atoms with Crippen LogP contribution in [0.4, 0.5) is 8.78 Å². The maximum atomic E-state index is 12.7. The SMILES string of the molecule is COc1c(S(N)(=O)=O)cnc(C)c1C(F)F. The highest BCUT2D eigenvalue weighted by molar-refractivity contribution is 7.89. The minimum atomic E-state index is -4.14. The van der Waals surface area contributed by atoms with Crippen LogP contribution in [0.2, 0.25) is 0 Å². The number of sulfonamides is 1. The number of hydrogen-bond acceptors (Lipinski definition) is 4. The molecule has 2 N–H and O–H groups in total. The van der Waals surface area contributed by atoms with E-state index in [1.54, 1.807) is 0 Å². The number of aryl methyl sites for hydroxylation is 1. The van der Waals surface area contributed by atoms with Gasteiger partial charge in [-0.1, -0.05) is 0 Å². The Hall–Kier alpha value is -1.28. The summed E-state index contributed by atoms with van der Waals surface area (Å²) in [6, 6.07) is 0. The molecule has 0 aliphatic heterocycles.